The van der Waals surface area contributed by atoms with Gasteiger partial charge < -0.3 is 10.2 Å². The average molecular weight is 228 g/mol. The van der Waals surface area contributed by atoms with Gasteiger partial charge in [0, 0.05) is 5.75 Å². The minimum Gasteiger partial charge on any atom is -0.342 e. The molecule has 1 N–H and O–H groups in total. The summed E-state index contributed by atoms with van der Waals surface area (Å²) in [6, 6.07) is -0.515. The van der Waals surface area contributed by atoms with Crippen molar-refractivity contribution in [1.82, 2.24) is 10.2 Å². The van der Waals surface area contributed by atoms with Crippen LogP contribution < -0.4 is 5.32 Å². The third-order valence-electron chi connectivity index (χ3n) is 2.79. The Morgan fingerprint density at radius 2 is 2.27 bits per heavy atom. The van der Waals surface area contributed by atoms with Crippen molar-refractivity contribution in [1.29, 1.82) is 0 Å². The molecule has 2 rings (SSSR count). The summed E-state index contributed by atoms with van der Waals surface area (Å²) < 4.78 is 0. The molecule has 5 heteroatoms. The second kappa shape index (κ2) is 4.04. The summed E-state index contributed by atoms with van der Waals surface area (Å²) >= 11 is 1.65. The minimum atomic E-state index is -0.299. The molecule has 2 fully saturated rings. The molecule has 84 valence electrons. The van der Waals surface area contributed by atoms with Gasteiger partial charge in [-0.1, -0.05) is 13.8 Å². The number of carbonyl (C=O) groups is 2. The standard InChI is InChI=1S/C10H16N2O2S/c1-6(2)3-7-10(14)12-5-15-4-8(12)9(13)11-7/h6-8H,3-5H2,1-2H3,(H,11,13)/t7-,8+/m0/s1. The van der Waals surface area contributed by atoms with Crippen molar-refractivity contribution in [3.63, 3.8) is 0 Å². The summed E-state index contributed by atoms with van der Waals surface area (Å²) in [5.74, 6) is 1.95. The Labute approximate surface area is 93.8 Å². The quantitative estimate of drug-likeness (QED) is 0.746. The van der Waals surface area contributed by atoms with Crippen LogP contribution in [0.15, 0.2) is 0 Å². The lowest BCUT2D eigenvalue weighted by atomic mass is 9.99. The molecule has 0 aromatic heterocycles. The van der Waals surface area contributed by atoms with E-state index in [0.717, 1.165) is 12.2 Å². The molecule has 0 aromatic rings. The molecule has 0 spiro atoms. The zero-order chi connectivity index (χ0) is 11.0. The lowest BCUT2D eigenvalue weighted by Gasteiger charge is -2.34. The molecule has 0 bridgehead atoms. The molecule has 0 radical (unpaired) electrons. The van der Waals surface area contributed by atoms with E-state index in [1.54, 1.807) is 16.7 Å². The summed E-state index contributed by atoms with van der Waals surface area (Å²) in [6.45, 7) is 4.12. The first kappa shape index (κ1) is 10.8. The van der Waals surface area contributed by atoms with Crippen LogP contribution in [0.1, 0.15) is 20.3 Å². The van der Waals surface area contributed by atoms with Crippen LogP contribution in [0.5, 0.6) is 0 Å². The van der Waals surface area contributed by atoms with Crippen molar-refractivity contribution < 1.29 is 9.59 Å². The second-order valence-electron chi connectivity index (χ2n) is 4.51. The maximum atomic E-state index is 12.0. The van der Waals surface area contributed by atoms with Gasteiger partial charge in [0.05, 0.1) is 5.88 Å². The zero-order valence-electron chi connectivity index (χ0n) is 9.03. The van der Waals surface area contributed by atoms with E-state index in [0.29, 0.717) is 11.8 Å². The van der Waals surface area contributed by atoms with Crippen LogP contribution in [0.25, 0.3) is 0 Å². The van der Waals surface area contributed by atoms with Crippen molar-refractivity contribution in [3.8, 4) is 0 Å². The molecule has 0 aromatic carbocycles. The number of nitrogens with zero attached hydrogens (tertiary/aromatic N) is 1. The van der Waals surface area contributed by atoms with Crippen LogP contribution >= 0.6 is 11.8 Å². The number of rotatable bonds is 2. The number of fused-ring (bicyclic) bond motifs is 1. The predicted octanol–water partition coefficient (Wildman–Crippen LogP) is 0.432. The largest absolute Gasteiger partial charge is 0.342 e. The minimum absolute atomic E-state index is 0.0188. The molecule has 2 atom stereocenters. The topological polar surface area (TPSA) is 49.4 Å². The Morgan fingerprint density at radius 1 is 1.53 bits per heavy atom. The number of nitrogens with one attached hydrogen (secondary N) is 1. The monoisotopic (exact) mass is 228 g/mol. The van der Waals surface area contributed by atoms with E-state index in [2.05, 4.69) is 19.2 Å². The molecule has 15 heavy (non-hydrogen) atoms. The van der Waals surface area contributed by atoms with Crippen molar-refractivity contribution in [2.75, 3.05) is 11.6 Å². The molecule has 0 unspecified atom stereocenters. The lowest BCUT2D eigenvalue weighted by molar-refractivity contribution is -0.147. The molecule has 2 heterocycles. The van der Waals surface area contributed by atoms with E-state index in [4.69, 9.17) is 0 Å². The van der Waals surface area contributed by atoms with E-state index in [-0.39, 0.29) is 23.9 Å². The third-order valence-corrected chi connectivity index (χ3v) is 3.80. The van der Waals surface area contributed by atoms with Gasteiger partial charge >= 0.3 is 0 Å². The Balaban J connectivity index is 2.10. The van der Waals surface area contributed by atoms with E-state index < -0.39 is 0 Å². The SMILES string of the molecule is CC(C)C[C@@H]1NC(=O)[C@H]2CSCN2C1=O. The summed E-state index contributed by atoms with van der Waals surface area (Å²) in [5.41, 5.74) is 0. The number of carbonyl (C=O) groups excluding carboxylic acids is 2. The Hall–Kier alpha value is -0.710. The summed E-state index contributed by atoms with van der Waals surface area (Å²) in [7, 11) is 0. The van der Waals surface area contributed by atoms with Gasteiger partial charge in [-0.25, -0.2) is 0 Å². The van der Waals surface area contributed by atoms with Gasteiger partial charge in [0.15, 0.2) is 0 Å². The highest BCUT2D eigenvalue weighted by atomic mass is 32.2. The summed E-state index contributed by atoms with van der Waals surface area (Å²) in [5, 5.41) is 2.83. The fourth-order valence-electron chi connectivity index (χ4n) is 2.04. The van der Waals surface area contributed by atoms with Crippen molar-refractivity contribution in [2.45, 2.75) is 32.4 Å². The van der Waals surface area contributed by atoms with Crippen LogP contribution in [-0.4, -0.2) is 40.4 Å². The molecule has 0 saturated carbocycles. The number of hydrogen-bond acceptors (Lipinski definition) is 3. The lowest BCUT2D eigenvalue weighted by Crippen LogP contribution is -2.61. The van der Waals surface area contributed by atoms with E-state index in [1.807, 2.05) is 0 Å². The summed E-state index contributed by atoms with van der Waals surface area (Å²) in [6.07, 6.45) is 0.735. The van der Waals surface area contributed by atoms with Gasteiger partial charge in [0.2, 0.25) is 11.8 Å². The Kier molecular flexibility index (Phi) is 2.91. The van der Waals surface area contributed by atoms with Gasteiger partial charge in [0.1, 0.15) is 12.1 Å². The Bertz CT molecular complexity index is 293. The smallest absolute Gasteiger partial charge is 0.246 e. The number of amides is 2. The highest BCUT2D eigenvalue weighted by Gasteiger charge is 2.43. The van der Waals surface area contributed by atoms with E-state index in [1.165, 1.54) is 0 Å². The highest BCUT2D eigenvalue weighted by Crippen LogP contribution is 2.26. The van der Waals surface area contributed by atoms with E-state index in [9.17, 15) is 9.59 Å². The van der Waals surface area contributed by atoms with Crippen LogP contribution in [0.2, 0.25) is 0 Å². The average Bonchev–Trinajstić information content (AvgIpc) is 2.61. The first-order valence-electron chi connectivity index (χ1n) is 5.28. The zero-order valence-corrected chi connectivity index (χ0v) is 9.84. The van der Waals surface area contributed by atoms with Crippen molar-refractivity contribution in [3.05, 3.63) is 0 Å². The number of thioether (sulfide) groups is 1. The fraction of sp³-hybridized carbons (Fsp3) is 0.800. The highest BCUT2D eigenvalue weighted by molar-refractivity contribution is 7.99. The van der Waals surface area contributed by atoms with Crippen LogP contribution in [0, 0.1) is 5.92 Å². The predicted molar refractivity (Wildman–Crippen MR) is 59.3 cm³/mol. The fourth-order valence-corrected chi connectivity index (χ4v) is 3.20. The molecule has 0 aliphatic carbocycles. The van der Waals surface area contributed by atoms with Gasteiger partial charge in [-0.2, -0.15) is 0 Å². The number of hydrogen-bond donors (Lipinski definition) is 1. The first-order chi connectivity index (χ1) is 7.09. The maximum absolute atomic E-state index is 12.0. The van der Waals surface area contributed by atoms with Crippen LogP contribution in [0.4, 0.5) is 0 Å². The summed E-state index contributed by atoms with van der Waals surface area (Å²) in [4.78, 5) is 25.4. The molecular formula is C10H16N2O2S. The maximum Gasteiger partial charge on any atom is 0.246 e. The van der Waals surface area contributed by atoms with Gasteiger partial charge in [0.25, 0.3) is 0 Å². The van der Waals surface area contributed by atoms with Crippen molar-refractivity contribution in [2.24, 2.45) is 5.92 Å². The molecule has 2 aliphatic rings. The van der Waals surface area contributed by atoms with Gasteiger partial charge in [-0.15, -0.1) is 11.8 Å². The second-order valence-corrected chi connectivity index (χ2v) is 5.51. The normalized spacial score (nSPS) is 30.7. The Morgan fingerprint density at radius 3 is 2.93 bits per heavy atom. The van der Waals surface area contributed by atoms with E-state index >= 15 is 0 Å². The van der Waals surface area contributed by atoms with Crippen LogP contribution in [-0.2, 0) is 9.59 Å². The molecule has 2 amide bonds. The molecular weight excluding hydrogens is 212 g/mol. The molecule has 2 saturated heterocycles. The van der Waals surface area contributed by atoms with Gasteiger partial charge in [-0.05, 0) is 12.3 Å². The first-order valence-corrected chi connectivity index (χ1v) is 6.43. The molecule has 2 aliphatic heterocycles. The van der Waals surface area contributed by atoms with Gasteiger partial charge in [-0.3, -0.25) is 9.59 Å². The number of piperazine rings is 1. The van der Waals surface area contributed by atoms with Crippen LogP contribution in [0.3, 0.4) is 0 Å². The molecule has 4 nitrogen and oxygen atoms in total. The third kappa shape index (κ3) is 1.97. The van der Waals surface area contributed by atoms with Crippen molar-refractivity contribution >= 4 is 23.6 Å².